The fraction of sp³-hybridized carbons (Fsp3) is 0.235. The van der Waals surface area contributed by atoms with Gasteiger partial charge in [0.25, 0.3) is 0 Å². The zero-order valence-corrected chi connectivity index (χ0v) is 22.8. The summed E-state index contributed by atoms with van der Waals surface area (Å²) in [6, 6.07) is 29.0. The van der Waals surface area contributed by atoms with Gasteiger partial charge in [-0.3, -0.25) is 0 Å². The Labute approximate surface area is 235 Å². The van der Waals surface area contributed by atoms with E-state index in [1.807, 2.05) is 30.3 Å². The number of benzene rings is 4. The first-order valence-electron chi connectivity index (χ1n) is 13.6. The Balaban J connectivity index is 0.000000238. The molecule has 0 atom stereocenters. The second-order valence-electron chi connectivity index (χ2n) is 9.29. The van der Waals surface area contributed by atoms with E-state index in [9.17, 15) is 19.8 Å². The molecule has 0 saturated heterocycles. The van der Waals surface area contributed by atoms with Gasteiger partial charge in [0.15, 0.2) is 0 Å². The van der Waals surface area contributed by atoms with Gasteiger partial charge in [-0.25, -0.2) is 9.59 Å². The molecule has 0 heterocycles. The monoisotopic (exact) mass is 540 g/mol. The van der Waals surface area contributed by atoms with Crippen LogP contribution in [0.1, 0.15) is 71.7 Å². The lowest BCUT2D eigenvalue weighted by Gasteiger charge is -2.07. The van der Waals surface area contributed by atoms with E-state index < -0.39 is 11.9 Å². The van der Waals surface area contributed by atoms with E-state index in [0.717, 1.165) is 6.42 Å². The Morgan fingerprint density at radius 3 is 1.52 bits per heavy atom. The topological polar surface area (TPSA) is 93.1 Å². The zero-order chi connectivity index (χ0) is 28.6. The van der Waals surface area contributed by atoms with Gasteiger partial charge in [-0.15, -0.1) is 0 Å². The van der Waals surface area contributed by atoms with E-state index in [1.54, 1.807) is 54.6 Å². The first-order chi connectivity index (χ1) is 19.5. The number of esters is 2. The minimum atomic E-state index is -0.565. The number of rotatable bonds is 11. The number of aromatic hydroxyl groups is 2. The van der Waals surface area contributed by atoms with Gasteiger partial charge in [-0.05, 0) is 66.9 Å². The van der Waals surface area contributed by atoms with Gasteiger partial charge in [0, 0.05) is 0 Å². The minimum absolute atomic E-state index is 0.0674. The third-order valence-electron chi connectivity index (χ3n) is 6.15. The van der Waals surface area contributed by atoms with Crippen molar-refractivity contribution in [2.24, 2.45) is 0 Å². The molecule has 40 heavy (non-hydrogen) atoms. The van der Waals surface area contributed by atoms with Crippen molar-refractivity contribution < 1.29 is 29.3 Å². The van der Waals surface area contributed by atoms with Crippen LogP contribution in [-0.4, -0.2) is 22.2 Å². The van der Waals surface area contributed by atoms with Gasteiger partial charge in [-0.1, -0.05) is 93.6 Å². The van der Waals surface area contributed by atoms with E-state index >= 15 is 0 Å². The van der Waals surface area contributed by atoms with Crippen molar-refractivity contribution in [2.45, 2.75) is 51.9 Å². The van der Waals surface area contributed by atoms with E-state index in [0.29, 0.717) is 11.5 Å². The van der Waals surface area contributed by atoms with Crippen LogP contribution in [0.15, 0.2) is 103 Å². The second kappa shape index (κ2) is 16.4. The highest BCUT2D eigenvalue weighted by Gasteiger charge is 2.13. The van der Waals surface area contributed by atoms with Crippen LogP contribution in [0.25, 0.3) is 0 Å². The van der Waals surface area contributed by atoms with Crippen LogP contribution in [0.5, 0.6) is 23.0 Å². The summed E-state index contributed by atoms with van der Waals surface area (Å²) in [6.45, 7) is 2.23. The number of phenols is 2. The Morgan fingerprint density at radius 2 is 1.00 bits per heavy atom. The standard InChI is InChI=1S/C21H26O3.C13H10O3/c1-2-3-4-5-6-7-10-17-13-15-18(16-14-17)24-21(23)19-11-8-9-12-20(19)22;14-12-9-5-4-8-11(12)13(15)16-10-6-2-1-3-7-10/h8-9,11-16,22H,2-7,10H2,1H3;1-9,14H. The molecular formula is C34H36O6. The third-order valence-corrected chi connectivity index (χ3v) is 6.15. The molecule has 4 rings (SSSR count). The molecule has 0 aliphatic carbocycles. The van der Waals surface area contributed by atoms with Gasteiger partial charge in [0.2, 0.25) is 0 Å². The molecule has 0 unspecified atom stereocenters. The number of aryl methyl sites for hydroxylation is 1. The molecule has 4 aromatic carbocycles. The number of hydrogen-bond donors (Lipinski definition) is 2. The summed E-state index contributed by atoms with van der Waals surface area (Å²) in [5.41, 5.74) is 1.59. The molecule has 0 fully saturated rings. The molecule has 0 radical (unpaired) electrons. The SMILES string of the molecule is CCCCCCCCc1ccc(OC(=O)c2ccccc2O)cc1.O=C(Oc1ccccc1)c1ccccc1O. The fourth-order valence-corrected chi connectivity index (χ4v) is 3.94. The van der Waals surface area contributed by atoms with E-state index in [4.69, 9.17) is 9.47 Å². The third kappa shape index (κ3) is 9.95. The zero-order valence-electron chi connectivity index (χ0n) is 22.8. The van der Waals surface area contributed by atoms with Crippen LogP contribution in [0.3, 0.4) is 0 Å². The van der Waals surface area contributed by atoms with Crippen LogP contribution in [-0.2, 0) is 6.42 Å². The molecule has 0 aliphatic rings. The molecule has 2 N–H and O–H groups in total. The highest BCUT2D eigenvalue weighted by atomic mass is 16.5. The smallest absolute Gasteiger partial charge is 0.347 e. The lowest BCUT2D eigenvalue weighted by molar-refractivity contribution is 0.0721. The van der Waals surface area contributed by atoms with Crippen LogP contribution in [0.4, 0.5) is 0 Å². The summed E-state index contributed by atoms with van der Waals surface area (Å²) in [4.78, 5) is 23.7. The normalized spacial score (nSPS) is 10.2. The van der Waals surface area contributed by atoms with Crippen molar-refractivity contribution in [3.8, 4) is 23.0 Å². The molecule has 4 aromatic rings. The lowest BCUT2D eigenvalue weighted by Crippen LogP contribution is -2.08. The van der Waals surface area contributed by atoms with Crippen molar-refractivity contribution in [3.63, 3.8) is 0 Å². The Kier molecular flexibility index (Phi) is 12.3. The molecule has 0 saturated carbocycles. The highest BCUT2D eigenvalue weighted by molar-refractivity contribution is 5.94. The maximum atomic E-state index is 12.0. The number of ether oxygens (including phenoxy) is 2. The molecule has 0 aliphatic heterocycles. The van der Waals surface area contributed by atoms with Crippen LogP contribution in [0, 0.1) is 0 Å². The fourth-order valence-electron chi connectivity index (χ4n) is 3.94. The van der Waals surface area contributed by atoms with Crippen molar-refractivity contribution in [2.75, 3.05) is 0 Å². The van der Waals surface area contributed by atoms with Gasteiger partial charge >= 0.3 is 11.9 Å². The maximum Gasteiger partial charge on any atom is 0.347 e. The van der Waals surface area contributed by atoms with Crippen molar-refractivity contribution in [1.29, 1.82) is 0 Å². The number of unbranched alkanes of at least 4 members (excludes halogenated alkanes) is 5. The predicted molar refractivity (Wildman–Crippen MR) is 156 cm³/mol. The quantitative estimate of drug-likeness (QED) is 0.113. The lowest BCUT2D eigenvalue weighted by atomic mass is 10.0. The van der Waals surface area contributed by atoms with Crippen LogP contribution >= 0.6 is 0 Å². The number of hydrogen-bond acceptors (Lipinski definition) is 6. The van der Waals surface area contributed by atoms with E-state index in [1.165, 1.54) is 62.3 Å². The van der Waals surface area contributed by atoms with Crippen molar-refractivity contribution in [1.82, 2.24) is 0 Å². The molecular weight excluding hydrogens is 504 g/mol. The van der Waals surface area contributed by atoms with Gasteiger partial charge in [0.1, 0.15) is 34.1 Å². The summed E-state index contributed by atoms with van der Waals surface area (Å²) < 4.78 is 10.4. The van der Waals surface area contributed by atoms with E-state index in [-0.39, 0.29) is 22.6 Å². The predicted octanol–water partition coefficient (Wildman–Crippen LogP) is 8.13. The first-order valence-corrected chi connectivity index (χ1v) is 13.6. The van der Waals surface area contributed by atoms with E-state index in [2.05, 4.69) is 6.92 Å². The summed E-state index contributed by atoms with van der Waals surface area (Å²) in [5.74, 6) is -0.308. The number of para-hydroxylation sites is 3. The van der Waals surface area contributed by atoms with Crippen molar-refractivity contribution in [3.05, 3.63) is 120 Å². The molecule has 0 aromatic heterocycles. The van der Waals surface area contributed by atoms with Crippen LogP contribution < -0.4 is 9.47 Å². The largest absolute Gasteiger partial charge is 0.507 e. The molecule has 0 amide bonds. The summed E-state index contributed by atoms with van der Waals surface area (Å²) in [5, 5.41) is 19.1. The molecule has 208 valence electrons. The first kappa shape index (κ1) is 30.0. The van der Waals surface area contributed by atoms with Gasteiger partial charge < -0.3 is 19.7 Å². The maximum absolute atomic E-state index is 12.0. The Hall–Kier alpha value is -4.58. The average Bonchev–Trinajstić information content (AvgIpc) is 2.97. The number of carbonyl (C=O) groups excluding carboxylic acids is 2. The van der Waals surface area contributed by atoms with Crippen LogP contribution in [0.2, 0.25) is 0 Å². The highest BCUT2D eigenvalue weighted by Crippen LogP contribution is 2.21. The minimum Gasteiger partial charge on any atom is -0.507 e. The molecule has 6 nitrogen and oxygen atoms in total. The Bertz CT molecular complexity index is 1330. The number of carbonyl (C=O) groups is 2. The van der Waals surface area contributed by atoms with Gasteiger partial charge in [0.05, 0.1) is 0 Å². The molecule has 0 spiro atoms. The van der Waals surface area contributed by atoms with Crippen molar-refractivity contribution >= 4 is 11.9 Å². The summed E-state index contributed by atoms with van der Waals surface area (Å²) in [7, 11) is 0. The second-order valence-corrected chi connectivity index (χ2v) is 9.29. The molecule has 6 heteroatoms. The Morgan fingerprint density at radius 1 is 0.550 bits per heavy atom. The molecule has 0 bridgehead atoms. The summed E-state index contributed by atoms with van der Waals surface area (Å²) in [6.07, 6.45) is 8.77. The van der Waals surface area contributed by atoms with Gasteiger partial charge in [-0.2, -0.15) is 0 Å². The average molecular weight is 541 g/mol. The summed E-state index contributed by atoms with van der Waals surface area (Å²) >= 11 is 0. The number of phenolic OH excluding ortho intramolecular Hbond substituents is 2.